The molecule has 23 heavy (non-hydrogen) atoms. The summed E-state index contributed by atoms with van der Waals surface area (Å²) < 4.78 is 0. The molecule has 0 spiro atoms. The molecule has 0 aromatic heterocycles. The van der Waals surface area contributed by atoms with Crippen LogP contribution >= 0.6 is 12.6 Å². The first-order valence-corrected chi connectivity index (χ1v) is 8.59. The Kier molecular flexibility index (Phi) is 4.57. The van der Waals surface area contributed by atoms with Gasteiger partial charge in [-0.2, -0.15) is 12.6 Å². The Hall–Kier alpha value is -2.01. The van der Waals surface area contributed by atoms with E-state index in [2.05, 4.69) is 17.9 Å². The summed E-state index contributed by atoms with van der Waals surface area (Å²) in [4.78, 5) is 26.8. The van der Waals surface area contributed by atoms with Crippen molar-refractivity contribution in [1.29, 1.82) is 0 Å². The molecule has 1 aliphatic heterocycles. The monoisotopic (exact) mass is 328 g/mol. The van der Waals surface area contributed by atoms with Gasteiger partial charge in [-0.05, 0) is 24.6 Å². The van der Waals surface area contributed by atoms with Gasteiger partial charge in [0.15, 0.2) is 0 Å². The van der Waals surface area contributed by atoms with E-state index in [1.54, 1.807) is 0 Å². The number of rotatable bonds is 6. The largest absolute Gasteiger partial charge is 0.384 e. The van der Waals surface area contributed by atoms with E-state index in [0.29, 0.717) is 23.4 Å². The van der Waals surface area contributed by atoms with E-state index in [1.807, 2.05) is 37.3 Å². The molecule has 2 aromatic carbocycles. The fourth-order valence-corrected chi connectivity index (χ4v) is 3.12. The Balaban J connectivity index is 2.13. The van der Waals surface area contributed by atoms with Gasteiger partial charge in [-0.3, -0.25) is 14.5 Å². The Morgan fingerprint density at radius 1 is 1.09 bits per heavy atom. The molecule has 2 aromatic rings. The van der Waals surface area contributed by atoms with Gasteiger partial charge in [-0.25, -0.2) is 0 Å². The highest BCUT2D eigenvalue weighted by Crippen LogP contribution is 2.34. The second-order valence-corrected chi connectivity index (χ2v) is 6.10. The highest BCUT2D eigenvalue weighted by molar-refractivity contribution is 7.80. The Labute approximate surface area is 141 Å². The Morgan fingerprint density at radius 3 is 2.52 bits per heavy atom. The van der Waals surface area contributed by atoms with Crippen molar-refractivity contribution in [2.75, 3.05) is 24.2 Å². The number of carbonyl (C=O) groups excluding carboxylic acids is 2. The number of unbranched alkanes of at least 4 members (excludes halogenated alkanes) is 1. The third-order valence-corrected chi connectivity index (χ3v) is 4.38. The van der Waals surface area contributed by atoms with Crippen LogP contribution in [0.3, 0.4) is 0 Å². The average molecular weight is 328 g/mol. The lowest BCUT2D eigenvalue weighted by Gasteiger charge is -2.27. The summed E-state index contributed by atoms with van der Waals surface area (Å²) >= 11 is 4.21. The van der Waals surface area contributed by atoms with Crippen molar-refractivity contribution in [2.45, 2.75) is 19.8 Å². The molecular weight excluding hydrogens is 308 g/mol. The number of hydrogen-bond acceptors (Lipinski definition) is 4. The van der Waals surface area contributed by atoms with Crippen molar-refractivity contribution in [3.63, 3.8) is 0 Å². The van der Waals surface area contributed by atoms with Gasteiger partial charge in [0.25, 0.3) is 11.8 Å². The van der Waals surface area contributed by atoms with Crippen LogP contribution < -0.4 is 5.32 Å². The number of anilines is 1. The third-order valence-electron chi connectivity index (χ3n) is 4.15. The van der Waals surface area contributed by atoms with E-state index in [-0.39, 0.29) is 11.8 Å². The maximum absolute atomic E-state index is 12.7. The fourth-order valence-electron chi connectivity index (χ4n) is 3.01. The molecule has 0 saturated heterocycles. The van der Waals surface area contributed by atoms with Crippen LogP contribution in [0.15, 0.2) is 30.3 Å². The first-order valence-electron chi connectivity index (χ1n) is 7.95. The van der Waals surface area contributed by atoms with Gasteiger partial charge in [0.2, 0.25) is 0 Å². The highest BCUT2D eigenvalue weighted by atomic mass is 32.1. The molecule has 1 aliphatic rings. The molecule has 1 heterocycles. The average Bonchev–Trinajstić information content (AvgIpc) is 2.58. The number of thiol groups is 1. The van der Waals surface area contributed by atoms with E-state index >= 15 is 0 Å². The molecule has 0 aliphatic carbocycles. The molecule has 4 nitrogen and oxygen atoms in total. The van der Waals surface area contributed by atoms with Crippen molar-refractivity contribution >= 4 is 40.9 Å². The summed E-state index contributed by atoms with van der Waals surface area (Å²) in [6, 6.07) is 9.36. The topological polar surface area (TPSA) is 49.4 Å². The first-order chi connectivity index (χ1) is 11.2. The van der Waals surface area contributed by atoms with Gasteiger partial charge in [0, 0.05) is 46.4 Å². The van der Waals surface area contributed by atoms with Crippen molar-refractivity contribution in [1.82, 2.24) is 4.90 Å². The number of imide groups is 1. The van der Waals surface area contributed by atoms with Crippen LogP contribution in [0.4, 0.5) is 5.69 Å². The summed E-state index contributed by atoms with van der Waals surface area (Å²) in [7, 11) is 0. The van der Waals surface area contributed by atoms with Crippen molar-refractivity contribution in [2.24, 2.45) is 0 Å². The lowest BCUT2D eigenvalue weighted by atomic mass is 9.93. The van der Waals surface area contributed by atoms with E-state index in [9.17, 15) is 9.59 Å². The molecule has 2 amide bonds. The number of benzene rings is 2. The highest BCUT2D eigenvalue weighted by Gasteiger charge is 2.32. The number of amides is 2. The van der Waals surface area contributed by atoms with Crippen molar-refractivity contribution < 1.29 is 9.59 Å². The van der Waals surface area contributed by atoms with E-state index in [0.717, 1.165) is 35.8 Å². The Morgan fingerprint density at radius 2 is 1.83 bits per heavy atom. The molecule has 0 fully saturated rings. The van der Waals surface area contributed by atoms with Gasteiger partial charge >= 0.3 is 0 Å². The van der Waals surface area contributed by atoms with E-state index in [4.69, 9.17) is 0 Å². The molecule has 0 bridgehead atoms. The summed E-state index contributed by atoms with van der Waals surface area (Å²) in [5, 5.41) is 4.98. The number of carbonyl (C=O) groups is 2. The summed E-state index contributed by atoms with van der Waals surface area (Å²) in [5.41, 5.74) is 2.16. The molecule has 3 rings (SSSR count). The van der Waals surface area contributed by atoms with Crippen LogP contribution in [-0.4, -0.2) is 35.6 Å². The smallest absolute Gasteiger partial charge is 0.261 e. The molecule has 0 saturated carbocycles. The SMILES string of the molecule is CCCCN1C(=O)c2cccc3c(NCCS)ccc(c23)C1=O. The maximum Gasteiger partial charge on any atom is 0.261 e. The molecule has 0 radical (unpaired) electrons. The molecule has 0 atom stereocenters. The minimum atomic E-state index is -0.187. The number of nitrogens with one attached hydrogen (secondary N) is 1. The van der Waals surface area contributed by atoms with Crippen LogP contribution in [0.5, 0.6) is 0 Å². The van der Waals surface area contributed by atoms with Gasteiger partial charge < -0.3 is 5.32 Å². The van der Waals surface area contributed by atoms with Crippen LogP contribution in [0.1, 0.15) is 40.5 Å². The fraction of sp³-hybridized carbons (Fsp3) is 0.333. The van der Waals surface area contributed by atoms with Gasteiger partial charge in [-0.1, -0.05) is 25.5 Å². The first kappa shape index (κ1) is 15.9. The molecule has 120 valence electrons. The van der Waals surface area contributed by atoms with E-state index < -0.39 is 0 Å². The maximum atomic E-state index is 12.7. The lowest BCUT2D eigenvalue weighted by molar-refractivity contribution is 0.0608. The number of hydrogen-bond donors (Lipinski definition) is 2. The second kappa shape index (κ2) is 6.62. The van der Waals surface area contributed by atoms with Gasteiger partial charge in [0.1, 0.15) is 0 Å². The Bertz CT molecular complexity index is 751. The third kappa shape index (κ3) is 2.70. The van der Waals surface area contributed by atoms with E-state index in [1.165, 1.54) is 4.90 Å². The standard InChI is InChI=1S/C18H20N2O2S/c1-2-3-10-20-17(21)13-6-4-5-12-15(19-9-11-23)8-7-14(16(12)13)18(20)22/h4-8,19,23H,2-3,9-11H2,1H3. The van der Waals surface area contributed by atoms with Crippen LogP contribution in [0.2, 0.25) is 0 Å². The van der Waals surface area contributed by atoms with Crippen molar-refractivity contribution in [3.05, 3.63) is 41.5 Å². The normalized spacial score (nSPS) is 13.7. The predicted octanol–water partition coefficient (Wildman–Crippen LogP) is 3.58. The molecule has 1 N–H and O–H groups in total. The quantitative estimate of drug-likeness (QED) is 0.629. The summed E-state index contributed by atoms with van der Waals surface area (Å²) in [5.74, 6) is 0.340. The van der Waals surface area contributed by atoms with Crippen molar-refractivity contribution in [3.8, 4) is 0 Å². The molecule has 0 unspecified atom stereocenters. The summed E-state index contributed by atoms with van der Waals surface area (Å²) in [6.45, 7) is 3.25. The van der Waals surface area contributed by atoms with Gasteiger partial charge in [-0.15, -0.1) is 0 Å². The summed E-state index contributed by atoms with van der Waals surface area (Å²) in [6.07, 6.45) is 1.77. The zero-order valence-corrected chi connectivity index (χ0v) is 14.0. The van der Waals surface area contributed by atoms with Crippen LogP contribution in [-0.2, 0) is 0 Å². The minimum Gasteiger partial charge on any atom is -0.384 e. The zero-order valence-electron chi connectivity index (χ0n) is 13.1. The lowest BCUT2D eigenvalue weighted by Crippen LogP contribution is -2.40. The van der Waals surface area contributed by atoms with Crippen LogP contribution in [0.25, 0.3) is 10.8 Å². The molecule has 5 heteroatoms. The second-order valence-electron chi connectivity index (χ2n) is 5.65. The van der Waals surface area contributed by atoms with Gasteiger partial charge in [0.05, 0.1) is 0 Å². The predicted molar refractivity (Wildman–Crippen MR) is 96.6 cm³/mol. The zero-order chi connectivity index (χ0) is 16.4. The van der Waals surface area contributed by atoms with Crippen LogP contribution in [0, 0.1) is 0 Å². The molecular formula is C18H20N2O2S. The minimum absolute atomic E-state index is 0.187. The number of nitrogens with zero attached hydrogens (tertiary/aromatic N) is 1.